The lowest BCUT2D eigenvalue weighted by atomic mass is 10.0. The molecular formula is C21H22BrN3O2. The monoisotopic (exact) mass is 427 g/mol. The summed E-state index contributed by atoms with van der Waals surface area (Å²) in [6.07, 6.45) is 2.41. The molecule has 3 rings (SSSR count). The highest BCUT2D eigenvalue weighted by atomic mass is 79.9. The molecule has 2 N–H and O–H groups in total. The maximum Gasteiger partial charge on any atom is 0.258 e. The fourth-order valence-corrected chi connectivity index (χ4v) is 3.32. The number of carbonyl (C=O) groups excluding carboxylic acids is 1. The minimum atomic E-state index is -0.138. The van der Waals surface area contributed by atoms with E-state index in [0.717, 1.165) is 16.5 Å². The fourth-order valence-electron chi connectivity index (χ4n) is 3.05. The van der Waals surface area contributed by atoms with E-state index in [1.807, 2.05) is 42.5 Å². The standard InChI is InChI=1S/C21H22BrN3O2/c1-2-17(14-10-12-15(22)13-11-14)24-20(26)9-5-8-19-23-18-7-4-3-6-16(18)21(27)25-19/h3-4,6-7,10-13,17H,2,5,8-9H2,1H3,(H,24,26)(H,23,25,27). The molecule has 0 fully saturated rings. The fraction of sp³-hybridized carbons (Fsp3) is 0.286. The number of para-hydroxylation sites is 1. The Balaban J connectivity index is 1.56. The summed E-state index contributed by atoms with van der Waals surface area (Å²) in [7, 11) is 0. The Labute approximate surface area is 166 Å². The Kier molecular flexibility index (Phi) is 6.40. The molecule has 1 unspecified atom stereocenters. The number of nitrogens with one attached hydrogen (secondary N) is 2. The molecule has 0 saturated carbocycles. The maximum atomic E-state index is 12.3. The minimum absolute atomic E-state index is 0.00389. The number of hydrogen-bond donors (Lipinski definition) is 2. The molecule has 6 heteroatoms. The highest BCUT2D eigenvalue weighted by molar-refractivity contribution is 9.10. The van der Waals surface area contributed by atoms with Crippen LogP contribution in [0, 0.1) is 0 Å². The molecule has 3 aromatic rings. The summed E-state index contributed by atoms with van der Waals surface area (Å²) < 4.78 is 1.02. The third-order valence-electron chi connectivity index (χ3n) is 4.50. The molecule has 140 valence electrons. The van der Waals surface area contributed by atoms with Gasteiger partial charge in [0, 0.05) is 17.3 Å². The van der Waals surface area contributed by atoms with Crippen LogP contribution in [0.4, 0.5) is 0 Å². The lowest BCUT2D eigenvalue weighted by Gasteiger charge is -2.17. The summed E-state index contributed by atoms with van der Waals surface area (Å²) >= 11 is 3.43. The molecule has 0 aliphatic heterocycles. The van der Waals surface area contributed by atoms with E-state index < -0.39 is 0 Å². The van der Waals surface area contributed by atoms with E-state index in [1.165, 1.54) is 0 Å². The molecule has 1 amide bonds. The van der Waals surface area contributed by atoms with Gasteiger partial charge >= 0.3 is 0 Å². The number of H-pyrrole nitrogens is 1. The van der Waals surface area contributed by atoms with Crippen LogP contribution in [0.5, 0.6) is 0 Å². The third-order valence-corrected chi connectivity index (χ3v) is 5.02. The largest absolute Gasteiger partial charge is 0.349 e. The number of amides is 1. The first-order valence-electron chi connectivity index (χ1n) is 9.09. The van der Waals surface area contributed by atoms with E-state index in [4.69, 9.17) is 0 Å². The molecule has 0 aliphatic rings. The van der Waals surface area contributed by atoms with Gasteiger partial charge in [0.1, 0.15) is 5.82 Å². The van der Waals surface area contributed by atoms with Crippen molar-refractivity contribution in [2.45, 2.75) is 38.6 Å². The van der Waals surface area contributed by atoms with Crippen LogP contribution in [-0.4, -0.2) is 15.9 Å². The van der Waals surface area contributed by atoms with Crippen molar-refractivity contribution in [3.8, 4) is 0 Å². The number of carbonyl (C=O) groups is 1. The SMILES string of the molecule is CCC(NC(=O)CCCc1nc2ccccc2c(=O)[nH]1)c1ccc(Br)cc1. The van der Waals surface area contributed by atoms with Crippen molar-refractivity contribution in [1.82, 2.24) is 15.3 Å². The minimum Gasteiger partial charge on any atom is -0.349 e. The Morgan fingerprint density at radius 1 is 1.19 bits per heavy atom. The van der Waals surface area contributed by atoms with Crippen LogP contribution in [0.25, 0.3) is 10.9 Å². The van der Waals surface area contributed by atoms with E-state index in [9.17, 15) is 9.59 Å². The summed E-state index contributed by atoms with van der Waals surface area (Å²) in [5.74, 6) is 0.624. The smallest absolute Gasteiger partial charge is 0.258 e. The van der Waals surface area contributed by atoms with E-state index >= 15 is 0 Å². The van der Waals surface area contributed by atoms with Crippen LogP contribution in [-0.2, 0) is 11.2 Å². The summed E-state index contributed by atoms with van der Waals surface area (Å²) in [5.41, 5.74) is 1.64. The zero-order chi connectivity index (χ0) is 19.2. The number of halogens is 1. The Morgan fingerprint density at radius 3 is 2.67 bits per heavy atom. The van der Waals surface area contributed by atoms with Gasteiger partial charge in [-0.15, -0.1) is 0 Å². The highest BCUT2D eigenvalue weighted by Crippen LogP contribution is 2.19. The van der Waals surface area contributed by atoms with Gasteiger partial charge in [0.05, 0.1) is 16.9 Å². The van der Waals surface area contributed by atoms with Crippen LogP contribution in [0.2, 0.25) is 0 Å². The number of aromatic nitrogens is 2. The van der Waals surface area contributed by atoms with Crippen molar-refractivity contribution in [3.05, 3.63) is 74.7 Å². The molecule has 2 aromatic carbocycles. The van der Waals surface area contributed by atoms with E-state index in [0.29, 0.717) is 36.0 Å². The number of benzene rings is 2. The average Bonchev–Trinajstić information content (AvgIpc) is 2.67. The molecule has 1 aromatic heterocycles. The Bertz CT molecular complexity index is 983. The zero-order valence-corrected chi connectivity index (χ0v) is 16.8. The predicted octanol–water partition coefficient (Wildman–Crippen LogP) is 4.28. The molecule has 0 spiro atoms. The van der Waals surface area contributed by atoms with E-state index in [2.05, 4.69) is 38.1 Å². The molecule has 1 atom stereocenters. The second-order valence-electron chi connectivity index (χ2n) is 6.46. The Hall–Kier alpha value is -2.47. The lowest BCUT2D eigenvalue weighted by molar-refractivity contribution is -0.122. The Morgan fingerprint density at radius 2 is 1.93 bits per heavy atom. The quantitative estimate of drug-likeness (QED) is 0.590. The van der Waals surface area contributed by atoms with Crippen LogP contribution >= 0.6 is 15.9 Å². The van der Waals surface area contributed by atoms with Crippen molar-refractivity contribution in [2.24, 2.45) is 0 Å². The maximum absolute atomic E-state index is 12.3. The topological polar surface area (TPSA) is 74.8 Å². The number of aryl methyl sites for hydroxylation is 1. The number of hydrogen-bond acceptors (Lipinski definition) is 3. The second-order valence-corrected chi connectivity index (χ2v) is 7.38. The van der Waals surface area contributed by atoms with E-state index in [-0.39, 0.29) is 17.5 Å². The van der Waals surface area contributed by atoms with Crippen molar-refractivity contribution in [1.29, 1.82) is 0 Å². The zero-order valence-electron chi connectivity index (χ0n) is 15.2. The van der Waals surface area contributed by atoms with Gasteiger partial charge in [-0.1, -0.05) is 47.1 Å². The first-order valence-corrected chi connectivity index (χ1v) is 9.89. The van der Waals surface area contributed by atoms with Crippen LogP contribution in [0.1, 0.15) is 43.6 Å². The van der Waals surface area contributed by atoms with Gasteiger partial charge in [-0.3, -0.25) is 9.59 Å². The van der Waals surface area contributed by atoms with Gasteiger partial charge in [0.15, 0.2) is 0 Å². The number of rotatable bonds is 7. The first kappa shape index (κ1) is 19.3. The summed E-state index contributed by atoms with van der Waals surface area (Å²) in [5, 5.41) is 3.67. The molecule has 0 aliphatic carbocycles. The van der Waals surface area contributed by atoms with Gasteiger partial charge in [-0.05, 0) is 42.7 Å². The van der Waals surface area contributed by atoms with Gasteiger partial charge in [-0.2, -0.15) is 0 Å². The summed E-state index contributed by atoms with van der Waals surface area (Å²) in [4.78, 5) is 31.7. The normalized spacial score (nSPS) is 12.1. The van der Waals surface area contributed by atoms with Gasteiger partial charge in [-0.25, -0.2) is 4.98 Å². The average molecular weight is 428 g/mol. The molecule has 0 saturated heterocycles. The summed E-state index contributed by atoms with van der Waals surface area (Å²) in [6.45, 7) is 2.05. The van der Waals surface area contributed by atoms with Crippen molar-refractivity contribution < 1.29 is 4.79 Å². The van der Waals surface area contributed by atoms with Gasteiger partial charge in [0.2, 0.25) is 5.91 Å². The van der Waals surface area contributed by atoms with Gasteiger partial charge in [0.25, 0.3) is 5.56 Å². The van der Waals surface area contributed by atoms with Crippen molar-refractivity contribution in [2.75, 3.05) is 0 Å². The van der Waals surface area contributed by atoms with Crippen LogP contribution in [0.15, 0.2) is 57.8 Å². The molecular weight excluding hydrogens is 406 g/mol. The molecule has 1 heterocycles. The highest BCUT2D eigenvalue weighted by Gasteiger charge is 2.13. The second kappa shape index (κ2) is 8.95. The van der Waals surface area contributed by atoms with Crippen molar-refractivity contribution in [3.63, 3.8) is 0 Å². The van der Waals surface area contributed by atoms with E-state index in [1.54, 1.807) is 6.07 Å². The summed E-state index contributed by atoms with van der Waals surface area (Å²) in [6, 6.07) is 15.3. The van der Waals surface area contributed by atoms with Crippen LogP contribution < -0.4 is 10.9 Å². The van der Waals surface area contributed by atoms with Gasteiger partial charge < -0.3 is 10.3 Å². The number of nitrogens with zero attached hydrogens (tertiary/aromatic N) is 1. The molecule has 0 bridgehead atoms. The molecule has 0 radical (unpaired) electrons. The third kappa shape index (κ3) is 5.04. The first-order chi connectivity index (χ1) is 13.1. The molecule has 5 nitrogen and oxygen atoms in total. The van der Waals surface area contributed by atoms with Crippen LogP contribution in [0.3, 0.4) is 0 Å². The van der Waals surface area contributed by atoms with Crippen molar-refractivity contribution >= 4 is 32.7 Å². The predicted molar refractivity (Wildman–Crippen MR) is 111 cm³/mol. The lowest BCUT2D eigenvalue weighted by Crippen LogP contribution is -2.28. The number of fused-ring (bicyclic) bond motifs is 1. The number of aromatic amines is 1. The molecule has 27 heavy (non-hydrogen) atoms.